The normalized spacial score (nSPS) is 21.3. The molecule has 1 fully saturated rings. The van der Waals surface area contributed by atoms with Crippen molar-refractivity contribution in [1.29, 1.82) is 0 Å². The van der Waals surface area contributed by atoms with E-state index in [1.54, 1.807) is 12.3 Å². The highest BCUT2D eigenvalue weighted by atomic mass is 35.5. The van der Waals surface area contributed by atoms with Gasteiger partial charge in [-0.15, -0.1) is 0 Å². The first-order valence-electron chi connectivity index (χ1n) is 9.66. The monoisotopic (exact) mass is 426 g/mol. The molecule has 0 aromatic carbocycles. The van der Waals surface area contributed by atoms with E-state index >= 15 is 4.39 Å². The summed E-state index contributed by atoms with van der Waals surface area (Å²) >= 11 is 5.82. The number of ether oxygens (including phenoxy) is 1. The third-order valence-corrected chi connectivity index (χ3v) is 6.25. The lowest BCUT2D eigenvalue weighted by Gasteiger charge is -2.44. The van der Waals surface area contributed by atoms with Crippen LogP contribution in [-0.2, 0) is 23.2 Å². The highest BCUT2D eigenvalue weighted by Gasteiger charge is 2.49. The molecule has 0 bridgehead atoms. The van der Waals surface area contributed by atoms with Gasteiger partial charge in [0.25, 0.3) is 5.91 Å². The molecule has 3 aromatic rings. The number of hydrogen-bond donors (Lipinski definition) is 3. The summed E-state index contributed by atoms with van der Waals surface area (Å²) < 4.78 is 21.5. The largest absolute Gasteiger partial charge is 0.367 e. The highest BCUT2D eigenvalue weighted by molar-refractivity contribution is 6.28. The lowest BCUT2D eigenvalue weighted by Crippen LogP contribution is -2.54. The fourth-order valence-electron chi connectivity index (χ4n) is 4.53. The van der Waals surface area contributed by atoms with Crippen LogP contribution in [0.4, 0.5) is 16.0 Å². The molecule has 3 aromatic heterocycles. The number of pyridine rings is 1. The van der Waals surface area contributed by atoms with Crippen LogP contribution in [0.2, 0.25) is 5.28 Å². The molecule has 3 N–H and O–H groups in total. The number of fused-ring (bicyclic) bond motifs is 6. The Bertz CT molecular complexity index is 1220. The second-order valence-corrected chi connectivity index (χ2v) is 8.00. The zero-order valence-electron chi connectivity index (χ0n) is 15.7. The molecule has 1 unspecified atom stereocenters. The summed E-state index contributed by atoms with van der Waals surface area (Å²) in [7, 11) is 0. The van der Waals surface area contributed by atoms with Crippen LogP contribution in [0.25, 0.3) is 11.3 Å². The lowest BCUT2D eigenvalue weighted by molar-refractivity contribution is -0.154. The van der Waals surface area contributed by atoms with Gasteiger partial charge in [0.1, 0.15) is 11.4 Å². The summed E-state index contributed by atoms with van der Waals surface area (Å²) in [6.45, 7) is 1.06. The summed E-state index contributed by atoms with van der Waals surface area (Å²) in [5.74, 6) is -0.284. The number of hydrogen-bond acceptors (Lipinski definition) is 6. The summed E-state index contributed by atoms with van der Waals surface area (Å²) in [5, 5.41) is 5.84. The van der Waals surface area contributed by atoms with E-state index in [2.05, 4.69) is 30.6 Å². The minimum Gasteiger partial charge on any atom is -0.367 e. The molecule has 3 aliphatic rings. The molecule has 2 aliphatic heterocycles. The highest BCUT2D eigenvalue weighted by Crippen LogP contribution is 2.46. The molecule has 5 heterocycles. The van der Waals surface area contributed by atoms with Crippen molar-refractivity contribution in [3.05, 3.63) is 51.9 Å². The third-order valence-electron chi connectivity index (χ3n) is 6.07. The molecule has 8 nitrogen and oxygen atoms in total. The second-order valence-electron chi connectivity index (χ2n) is 7.66. The maximum absolute atomic E-state index is 15.6. The molecule has 1 saturated heterocycles. The van der Waals surface area contributed by atoms with Gasteiger partial charge in [-0.25, -0.2) is 19.3 Å². The average molecular weight is 427 g/mol. The van der Waals surface area contributed by atoms with E-state index in [-0.39, 0.29) is 17.0 Å². The summed E-state index contributed by atoms with van der Waals surface area (Å²) in [5.41, 5.74) is 3.46. The number of nitrogens with zero attached hydrogens (tertiary/aromatic N) is 3. The van der Waals surface area contributed by atoms with E-state index in [4.69, 9.17) is 16.3 Å². The minimum atomic E-state index is -0.539. The van der Waals surface area contributed by atoms with Crippen molar-refractivity contribution in [2.75, 3.05) is 18.5 Å². The van der Waals surface area contributed by atoms with Gasteiger partial charge in [0, 0.05) is 24.4 Å². The quantitative estimate of drug-likeness (QED) is 0.544. The van der Waals surface area contributed by atoms with Crippen LogP contribution in [0.1, 0.15) is 33.6 Å². The van der Waals surface area contributed by atoms with Crippen LogP contribution >= 0.6 is 11.6 Å². The van der Waals surface area contributed by atoms with Crippen LogP contribution in [0, 0.1) is 5.82 Å². The lowest BCUT2D eigenvalue weighted by atomic mass is 9.82. The number of H-pyrrole nitrogens is 1. The molecular weight excluding hydrogens is 411 g/mol. The van der Waals surface area contributed by atoms with E-state index < -0.39 is 11.4 Å². The van der Waals surface area contributed by atoms with E-state index in [1.165, 1.54) is 6.20 Å². The average Bonchev–Trinajstić information content (AvgIpc) is 3.10. The molecule has 6 rings (SSSR count). The van der Waals surface area contributed by atoms with Crippen molar-refractivity contribution in [3.8, 4) is 11.3 Å². The van der Waals surface area contributed by atoms with Crippen LogP contribution < -0.4 is 10.6 Å². The molecule has 0 saturated carbocycles. The number of carbonyl (C=O) groups is 1. The van der Waals surface area contributed by atoms with E-state index in [1.807, 2.05) is 0 Å². The zero-order chi connectivity index (χ0) is 20.5. The fraction of sp³-hybridized carbons (Fsp3) is 0.300. The first-order chi connectivity index (χ1) is 14.6. The van der Waals surface area contributed by atoms with E-state index in [0.717, 1.165) is 23.2 Å². The number of aromatic nitrogens is 4. The number of halogens is 2. The zero-order valence-corrected chi connectivity index (χ0v) is 16.4. The van der Waals surface area contributed by atoms with Crippen LogP contribution in [0.3, 0.4) is 0 Å². The molecular formula is C20H16ClFN6O2. The van der Waals surface area contributed by atoms with Crippen molar-refractivity contribution in [1.82, 2.24) is 25.3 Å². The Labute approximate surface area is 175 Å². The third kappa shape index (κ3) is 2.42. The smallest absolute Gasteiger partial charge is 0.253 e. The van der Waals surface area contributed by atoms with E-state index in [9.17, 15) is 4.79 Å². The Morgan fingerprint density at radius 3 is 2.90 bits per heavy atom. The maximum atomic E-state index is 15.6. The summed E-state index contributed by atoms with van der Waals surface area (Å²) in [6, 6.07) is 1.58. The van der Waals surface area contributed by atoms with Gasteiger partial charge in [0.2, 0.25) is 5.28 Å². The fourth-order valence-corrected chi connectivity index (χ4v) is 4.68. The molecule has 30 heavy (non-hydrogen) atoms. The molecule has 1 spiro atoms. The molecule has 152 valence electrons. The minimum absolute atomic E-state index is 0.0306. The number of aryl methyl sites for hydroxylation is 1. The van der Waals surface area contributed by atoms with Crippen molar-refractivity contribution in [2.24, 2.45) is 0 Å². The van der Waals surface area contributed by atoms with Crippen molar-refractivity contribution >= 4 is 29.1 Å². The second kappa shape index (κ2) is 6.23. The molecule has 1 aliphatic carbocycles. The SMILES string of the molecule is O=C1NCC2(CCO2)c2[nH]c3c(c21)CCc1cnc(Nc2ccnc(Cl)n2)c(F)c1-3. The van der Waals surface area contributed by atoms with Gasteiger partial charge in [0.05, 0.1) is 30.1 Å². The summed E-state index contributed by atoms with van der Waals surface area (Å²) in [4.78, 5) is 28.1. The Morgan fingerprint density at radius 2 is 2.13 bits per heavy atom. The Hall–Kier alpha value is -3.04. The number of carbonyl (C=O) groups excluding carboxylic acids is 1. The standard InChI is InChI=1S/C20H16ClFN6O2/c21-19-23-5-3-11(27-19)26-17-14(22)12-9(7-24-17)1-2-10-13-16(28-15(10)12)20(4-6-30-20)8-25-18(13)29/h3,5,7,28H,1-2,4,6,8H2,(H,25,29)(H,23,24,26,27). The molecule has 0 radical (unpaired) electrons. The first kappa shape index (κ1) is 17.8. The molecule has 1 atom stereocenters. The number of anilines is 2. The van der Waals surface area contributed by atoms with Crippen LogP contribution in [-0.4, -0.2) is 39.0 Å². The van der Waals surface area contributed by atoms with Crippen molar-refractivity contribution in [3.63, 3.8) is 0 Å². The van der Waals surface area contributed by atoms with Crippen LogP contribution in [0.15, 0.2) is 18.5 Å². The maximum Gasteiger partial charge on any atom is 0.253 e. The Balaban J connectivity index is 1.49. The summed E-state index contributed by atoms with van der Waals surface area (Å²) in [6.07, 6.45) is 5.17. The van der Waals surface area contributed by atoms with Gasteiger partial charge >= 0.3 is 0 Å². The number of amides is 1. The van der Waals surface area contributed by atoms with Gasteiger partial charge in [-0.2, -0.15) is 0 Å². The van der Waals surface area contributed by atoms with Gasteiger partial charge in [-0.05, 0) is 41.6 Å². The predicted molar refractivity (Wildman–Crippen MR) is 106 cm³/mol. The number of rotatable bonds is 2. The van der Waals surface area contributed by atoms with Crippen molar-refractivity contribution in [2.45, 2.75) is 24.9 Å². The Morgan fingerprint density at radius 1 is 1.27 bits per heavy atom. The van der Waals surface area contributed by atoms with Gasteiger partial charge in [0.15, 0.2) is 11.6 Å². The van der Waals surface area contributed by atoms with Gasteiger partial charge < -0.3 is 20.4 Å². The van der Waals surface area contributed by atoms with E-state index in [0.29, 0.717) is 48.6 Å². The number of aromatic amines is 1. The van der Waals surface area contributed by atoms with Crippen molar-refractivity contribution < 1.29 is 13.9 Å². The van der Waals surface area contributed by atoms with Gasteiger partial charge in [-0.1, -0.05) is 0 Å². The predicted octanol–water partition coefficient (Wildman–Crippen LogP) is 2.86. The van der Waals surface area contributed by atoms with Gasteiger partial charge in [-0.3, -0.25) is 4.79 Å². The molecule has 1 amide bonds. The van der Waals surface area contributed by atoms with Crippen LogP contribution in [0.5, 0.6) is 0 Å². The Kier molecular flexibility index (Phi) is 3.69. The topological polar surface area (TPSA) is 105 Å². The molecule has 10 heteroatoms. The number of nitrogens with one attached hydrogen (secondary N) is 3. The first-order valence-corrected chi connectivity index (χ1v) is 10.0.